The molecule has 3 rings (SSSR count). The Kier molecular flexibility index (Phi) is 2.27. The van der Waals surface area contributed by atoms with Gasteiger partial charge in [-0.1, -0.05) is 18.2 Å². The second-order valence-electron chi connectivity index (χ2n) is 5.35. The Morgan fingerprint density at radius 3 is 2.65 bits per heavy atom. The number of nitrogens with zero attached hydrogens (tertiary/aromatic N) is 1. The number of rotatable bonds is 3. The van der Waals surface area contributed by atoms with E-state index in [9.17, 15) is 8.42 Å². The normalized spacial score (nSPS) is 20.6. The van der Waals surface area contributed by atoms with Crippen LogP contribution in [0.3, 0.4) is 0 Å². The molecule has 1 saturated carbocycles. The molecule has 0 atom stereocenters. The summed E-state index contributed by atoms with van der Waals surface area (Å²) in [6.45, 7) is 1.62. The highest BCUT2D eigenvalue weighted by Gasteiger charge is 2.51. The van der Waals surface area contributed by atoms with Gasteiger partial charge in [0.15, 0.2) is 0 Å². The lowest BCUT2D eigenvalue weighted by Crippen LogP contribution is -2.29. The minimum Gasteiger partial charge on any atom is -0.369 e. The summed E-state index contributed by atoms with van der Waals surface area (Å²) in [5, 5.41) is 0. The summed E-state index contributed by atoms with van der Waals surface area (Å²) in [7, 11) is -2.87. The van der Waals surface area contributed by atoms with E-state index in [-0.39, 0.29) is 5.75 Å². The van der Waals surface area contributed by atoms with Crippen LogP contribution in [0.4, 0.5) is 5.69 Å². The summed E-state index contributed by atoms with van der Waals surface area (Å²) in [6, 6.07) is 8.43. The zero-order valence-corrected chi connectivity index (χ0v) is 10.8. The van der Waals surface area contributed by atoms with Gasteiger partial charge < -0.3 is 4.90 Å². The molecule has 0 saturated heterocycles. The Balaban J connectivity index is 1.85. The number of benzene rings is 1. The van der Waals surface area contributed by atoms with Crippen molar-refractivity contribution in [2.24, 2.45) is 0 Å². The molecule has 1 aromatic carbocycles. The summed E-state index contributed by atoms with van der Waals surface area (Å²) in [5.41, 5.74) is 3.02. The van der Waals surface area contributed by atoms with E-state index in [0.717, 1.165) is 6.54 Å². The predicted molar refractivity (Wildman–Crippen MR) is 69.3 cm³/mol. The fraction of sp³-hybridized carbons (Fsp3) is 0.538. The highest BCUT2D eigenvalue weighted by atomic mass is 32.2. The number of sulfone groups is 1. The quantitative estimate of drug-likeness (QED) is 0.818. The van der Waals surface area contributed by atoms with E-state index in [2.05, 4.69) is 23.1 Å². The second-order valence-corrected chi connectivity index (χ2v) is 7.61. The number of hydrogen-bond donors (Lipinski definition) is 0. The van der Waals surface area contributed by atoms with Gasteiger partial charge in [-0.05, 0) is 24.5 Å². The first-order valence-electron chi connectivity index (χ1n) is 6.02. The average molecular weight is 251 g/mol. The molecule has 17 heavy (non-hydrogen) atoms. The summed E-state index contributed by atoms with van der Waals surface area (Å²) in [5.74, 6) is 0.247. The van der Waals surface area contributed by atoms with Crippen molar-refractivity contribution in [3.63, 3.8) is 0 Å². The maximum Gasteiger partial charge on any atom is 0.149 e. The third kappa shape index (κ3) is 1.95. The minimum atomic E-state index is -2.87. The van der Waals surface area contributed by atoms with Crippen LogP contribution in [0.2, 0.25) is 0 Å². The van der Waals surface area contributed by atoms with Gasteiger partial charge in [0.05, 0.1) is 5.75 Å². The van der Waals surface area contributed by atoms with Crippen LogP contribution in [0.1, 0.15) is 18.4 Å². The monoisotopic (exact) mass is 251 g/mol. The van der Waals surface area contributed by atoms with Crippen LogP contribution in [0.15, 0.2) is 24.3 Å². The molecule has 1 aromatic rings. The molecular formula is C13H17NO2S. The van der Waals surface area contributed by atoms with Crippen LogP contribution in [-0.4, -0.2) is 33.5 Å². The van der Waals surface area contributed by atoms with Gasteiger partial charge in [-0.2, -0.15) is 0 Å². The van der Waals surface area contributed by atoms with Crippen molar-refractivity contribution in [3.05, 3.63) is 29.8 Å². The maximum absolute atomic E-state index is 11.3. The van der Waals surface area contributed by atoms with Crippen LogP contribution in [-0.2, 0) is 15.3 Å². The lowest BCUT2D eigenvalue weighted by Gasteiger charge is -2.19. The second kappa shape index (κ2) is 3.48. The minimum absolute atomic E-state index is 0.247. The summed E-state index contributed by atoms with van der Waals surface area (Å²) in [4.78, 5) is 2.24. The molecule has 0 unspecified atom stereocenters. The number of anilines is 1. The Labute approximate surface area is 102 Å². The molecule has 0 aromatic heterocycles. The van der Waals surface area contributed by atoms with E-state index in [1.165, 1.54) is 30.3 Å². The van der Waals surface area contributed by atoms with Gasteiger partial charge in [-0.3, -0.25) is 0 Å². The molecule has 0 amide bonds. The molecule has 1 aliphatic carbocycles. The van der Waals surface area contributed by atoms with E-state index < -0.39 is 9.84 Å². The first kappa shape index (κ1) is 11.1. The van der Waals surface area contributed by atoms with E-state index in [1.54, 1.807) is 0 Å². The molecule has 1 aliphatic heterocycles. The first-order valence-corrected chi connectivity index (χ1v) is 8.08. The third-order valence-corrected chi connectivity index (χ3v) is 4.82. The van der Waals surface area contributed by atoms with Crippen LogP contribution < -0.4 is 4.90 Å². The van der Waals surface area contributed by atoms with Crippen molar-refractivity contribution < 1.29 is 8.42 Å². The van der Waals surface area contributed by atoms with Crippen LogP contribution in [0, 0.1) is 0 Å². The zero-order valence-electron chi connectivity index (χ0n) is 10.0. The van der Waals surface area contributed by atoms with Gasteiger partial charge in [-0.15, -0.1) is 0 Å². The van der Waals surface area contributed by atoms with Gasteiger partial charge in [-0.25, -0.2) is 8.42 Å². The summed E-state index contributed by atoms with van der Waals surface area (Å²) >= 11 is 0. The lowest BCUT2D eigenvalue weighted by molar-refractivity contribution is 0.599. The number of para-hydroxylation sites is 1. The Bertz CT molecular complexity index is 546. The van der Waals surface area contributed by atoms with Crippen LogP contribution in [0.25, 0.3) is 0 Å². The summed E-state index contributed by atoms with van der Waals surface area (Å²) in [6.07, 6.45) is 3.81. The molecule has 1 heterocycles. The molecule has 92 valence electrons. The topological polar surface area (TPSA) is 37.4 Å². The van der Waals surface area contributed by atoms with E-state index >= 15 is 0 Å². The highest BCUT2D eigenvalue weighted by Crippen LogP contribution is 2.56. The highest BCUT2D eigenvalue weighted by molar-refractivity contribution is 7.90. The standard InChI is InChI=1S/C13H17NO2S/c1-17(15,16)9-8-14-10-13(6-7-13)11-4-2-3-5-12(11)14/h2-5H,6-10H2,1H3. The Morgan fingerprint density at radius 1 is 1.29 bits per heavy atom. The van der Waals surface area contributed by atoms with Crippen molar-refractivity contribution in [1.29, 1.82) is 0 Å². The van der Waals surface area contributed by atoms with Gasteiger partial charge in [0.2, 0.25) is 0 Å². The molecule has 1 fully saturated rings. The predicted octanol–water partition coefficient (Wildman–Crippen LogP) is 1.58. The number of hydrogen-bond acceptors (Lipinski definition) is 3. The molecule has 0 bridgehead atoms. The van der Waals surface area contributed by atoms with Crippen molar-refractivity contribution in [2.75, 3.05) is 30.0 Å². The van der Waals surface area contributed by atoms with Crippen LogP contribution >= 0.6 is 0 Å². The Morgan fingerprint density at radius 2 is 2.00 bits per heavy atom. The molecule has 0 N–H and O–H groups in total. The molecule has 3 nitrogen and oxygen atoms in total. The van der Waals surface area contributed by atoms with E-state index in [0.29, 0.717) is 12.0 Å². The third-order valence-electron chi connectivity index (χ3n) is 3.90. The van der Waals surface area contributed by atoms with Crippen molar-refractivity contribution in [1.82, 2.24) is 0 Å². The average Bonchev–Trinajstić information content (AvgIpc) is 2.96. The first-order chi connectivity index (χ1) is 8.00. The number of fused-ring (bicyclic) bond motifs is 2. The largest absolute Gasteiger partial charge is 0.369 e. The zero-order chi connectivity index (χ0) is 12.1. The fourth-order valence-electron chi connectivity index (χ4n) is 2.79. The summed E-state index contributed by atoms with van der Waals surface area (Å²) < 4.78 is 22.5. The lowest BCUT2D eigenvalue weighted by atomic mass is 9.99. The van der Waals surface area contributed by atoms with Gasteiger partial charge in [0, 0.05) is 30.4 Å². The van der Waals surface area contributed by atoms with Crippen LogP contribution in [0.5, 0.6) is 0 Å². The van der Waals surface area contributed by atoms with Gasteiger partial charge >= 0.3 is 0 Å². The molecule has 0 radical (unpaired) electrons. The van der Waals surface area contributed by atoms with Gasteiger partial charge in [0.25, 0.3) is 0 Å². The fourth-order valence-corrected chi connectivity index (χ4v) is 3.34. The SMILES string of the molecule is CS(=O)(=O)CCN1CC2(CC2)c2ccccc21. The van der Waals surface area contributed by atoms with Crippen molar-refractivity contribution in [3.8, 4) is 0 Å². The van der Waals surface area contributed by atoms with Gasteiger partial charge in [0.1, 0.15) is 9.84 Å². The molecule has 1 spiro atoms. The van der Waals surface area contributed by atoms with E-state index in [1.807, 2.05) is 6.07 Å². The smallest absolute Gasteiger partial charge is 0.149 e. The van der Waals surface area contributed by atoms with Crippen molar-refractivity contribution in [2.45, 2.75) is 18.3 Å². The van der Waals surface area contributed by atoms with Crippen molar-refractivity contribution >= 4 is 15.5 Å². The Hall–Kier alpha value is -1.03. The molecule has 4 heteroatoms. The molecular weight excluding hydrogens is 234 g/mol. The maximum atomic E-state index is 11.3. The molecule has 2 aliphatic rings. The van der Waals surface area contributed by atoms with E-state index in [4.69, 9.17) is 0 Å².